The van der Waals surface area contributed by atoms with Gasteiger partial charge in [0.05, 0.1) is 19.8 Å². The van der Waals surface area contributed by atoms with Crippen molar-refractivity contribution in [2.45, 2.75) is 6.10 Å². The quantitative estimate of drug-likeness (QED) is 0.697. The Hall–Kier alpha value is -2.91. The summed E-state index contributed by atoms with van der Waals surface area (Å²) in [5.41, 5.74) is 1.58. The third kappa shape index (κ3) is 4.41. The van der Waals surface area contributed by atoms with E-state index in [2.05, 4.69) is 0 Å². The predicted molar refractivity (Wildman–Crippen MR) is 106 cm³/mol. The number of benzene rings is 1. The number of amides is 2. The summed E-state index contributed by atoms with van der Waals surface area (Å²) < 4.78 is 15.9. The molecular formula is C20H20N2O6S. The number of morpholine rings is 1. The number of carbonyl (C=O) groups is 3. The Labute approximate surface area is 171 Å². The molecule has 2 aromatic rings. The van der Waals surface area contributed by atoms with Gasteiger partial charge in [-0.1, -0.05) is 24.3 Å². The highest BCUT2D eigenvalue weighted by molar-refractivity contribution is 7.19. The van der Waals surface area contributed by atoms with Gasteiger partial charge in [-0.15, -0.1) is 11.3 Å². The van der Waals surface area contributed by atoms with E-state index in [-0.39, 0.29) is 6.61 Å². The van der Waals surface area contributed by atoms with Crippen molar-refractivity contribution in [1.29, 1.82) is 0 Å². The van der Waals surface area contributed by atoms with E-state index in [1.54, 1.807) is 21.9 Å². The van der Waals surface area contributed by atoms with Gasteiger partial charge >= 0.3 is 12.2 Å². The van der Waals surface area contributed by atoms with E-state index in [0.717, 1.165) is 21.7 Å². The minimum Gasteiger partial charge on any atom is -0.445 e. The molecule has 2 fully saturated rings. The Balaban J connectivity index is 1.35. The van der Waals surface area contributed by atoms with E-state index in [1.807, 2.05) is 24.3 Å². The Morgan fingerprint density at radius 3 is 2.66 bits per heavy atom. The number of rotatable bonds is 5. The lowest BCUT2D eigenvalue weighted by atomic mass is 10.1. The van der Waals surface area contributed by atoms with E-state index in [0.29, 0.717) is 38.4 Å². The van der Waals surface area contributed by atoms with Crippen LogP contribution in [0.1, 0.15) is 10.4 Å². The van der Waals surface area contributed by atoms with Crippen LogP contribution in [0.2, 0.25) is 0 Å². The van der Waals surface area contributed by atoms with Crippen molar-refractivity contribution in [3.63, 3.8) is 0 Å². The van der Waals surface area contributed by atoms with Gasteiger partial charge in [-0.3, -0.25) is 9.69 Å². The molecule has 0 spiro atoms. The molecule has 4 rings (SSSR count). The minimum absolute atomic E-state index is 0.0177. The van der Waals surface area contributed by atoms with E-state index < -0.39 is 18.3 Å². The van der Waals surface area contributed by atoms with Gasteiger partial charge < -0.3 is 19.1 Å². The summed E-state index contributed by atoms with van der Waals surface area (Å²) in [6.07, 6.45) is -0.581. The first-order chi connectivity index (χ1) is 14.1. The zero-order chi connectivity index (χ0) is 20.2. The number of anilines is 1. The molecule has 9 heteroatoms. The average molecular weight is 416 g/mol. The standard InChI is InChI=1S/C20H20N2O6S/c23-12-14-1-3-15(4-2-14)17-5-6-18(29-17)22-11-16(28-20(22)25)13-27-19(24)21-7-9-26-10-8-21/h1-6,12,16H,7-11,13H2. The molecule has 0 N–H and O–H groups in total. The van der Waals surface area contributed by atoms with Gasteiger partial charge in [0.2, 0.25) is 0 Å². The fourth-order valence-corrected chi connectivity index (χ4v) is 4.15. The van der Waals surface area contributed by atoms with Gasteiger partial charge in [0.15, 0.2) is 6.10 Å². The Bertz CT molecular complexity index is 891. The number of thiophene rings is 1. The first-order valence-corrected chi connectivity index (χ1v) is 10.1. The van der Waals surface area contributed by atoms with Crippen molar-refractivity contribution >= 4 is 34.8 Å². The van der Waals surface area contributed by atoms with Gasteiger partial charge in [0.1, 0.15) is 17.9 Å². The van der Waals surface area contributed by atoms with Crippen molar-refractivity contribution in [3.05, 3.63) is 42.0 Å². The Morgan fingerprint density at radius 2 is 1.93 bits per heavy atom. The molecule has 2 aliphatic rings. The zero-order valence-electron chi connectivity index (χ0n) is 15.6. The van der Waals surface area contributed by atoms with Crippen LogP contribution in [0.3, 0.4) is 0 Å². The highest BCUT2D eigenvalue weighted by atomic mass is 32.1. The molecule has 1 aromatic heterocycles. The summed E-state index contributed by atoms with van der Waals surface area (Å²) >= 11 is 1.46. The SMILES string of the molecule is O=Cc1ccc(-c2ccc(N3CC(COC(=O)N4CCOCC4)OC3=O)s2)cc1. The second kappa shape index (κ2) is 8.62. The van der Waals surface area contributed by atoms with Crippen LogP contribution in [0.5, 0.6) is 0 Å². The summed E-state index contributed by atoms with van der Waals surface area (Å²) in [5, 5.41) is 0.756. The van der Waals surface area contributed by atoms with Crippen LogP contribution >= 0.6 is 11.3 Å². The van der Waals surface area contributed by atoms with Gasteiger partial charge in [0, 0.05) is 23.5 Å². The maximum Gasteiger partial charge on any atom is 0.415 e. The maximum absolute atomic E-state index is 12.3. The molecule has 0 aliphatic carbocycles. The molecule has 1 unspecified atom stereocenters. The van der Waals surface area contributed by atoms with Crippen LogP contribution in [-0.2, 0) is 14.2 Å². The minimum atomic E-state index is -0.509. The van der Waals surface area contributed by atoms with Crippen LogP contribution in [0.15, 0.2) is 36.4 Å². The number of hydrogen-bond acceptors (Lipinski definition) is 7. The van der Waals surface area contributed by atoms with E-state index in [9.17, 15) is 14.4 Å². The summed E-state index contributed by atoms with van der Waals surface area (Å²) in [5.74, 6) is 0. The van der Waals surface area contributed by atoms with Crippen molar-refractivity contribution in [2.75, 3.05) is 44.4 Å². The molecule has 1 atom stereocenters. The number of nitrogens with zero attached hydrogens (tertiary/aromatic N) is 2. The van der Waals surface area contributed by atoms with Crippen molar-refractivity contribution in [2.24, 2.45) is 0 Å². The average Bonchev–Trinajstić information content (AvgIpc) is 3.39. The highest BCUT2D eigenvalue weighted by Gasteiger charge is 2.34. The largest absolute Gasteiger partial charge is 0.445 e. The third-order valence-corrected chi connectivity index (χ3v) is 5.88. The molecule has 0 bridgehead atoms. The van der Waals surface area contributed by atoms with Crippen LogP contribution in [0.4, 0.5) is 14.6 Å². The maximum atomic E-state index is 12.3. The third-order valence-electron chi connectivity index (χ3n) is 4.73. The lowest BCUT2D eigenvalue weighted by Gasteiger charge is -2.26. The molecule has 2 aliphatic heterocycles. The topological polar surface area (TPSA) is 85.4 Å². The van der Waals surface area contributed by atoms with Crippen LogP contribution in [0, 0.1) is 0 Å². The molecular weight excluding hydrogens is 396 g/mol. The number of aldehydes is 1. The number of carbonyl (C=O) groups excluding carboxylic acids is 3. The van der Waals surface area contributed by atoms with Crippen LogP contribution in [-0.4, -0.2) is 68.9 Å². The number of hydrogen-bond donors (Lipinski definition) is 0. The molecule has 1 aromatic carbocycles. The fourth-order valence-electron chi connectivity index (χ4n) is 3.14. The first-order valence-electron chi connectivity index (χ1n) is 9.27. The van der Waals surface area contributed by atoms with Crippen molar-refractivity contribution in [1.82, 2.24) is 4.90 Å². The predicted octanol–water partition coefficient (Wildman–Crippen LogP) is 3.02. The monoisotopic (exact) mass is 416 g/mol. The second-order valence-electron chi connectivity index (χ2n) is 6.67. The Morgan fingerprint density at radius 1 is 1.17 bits per heavy atom. The molecule has 2 saturated heterocycles. The first kappa shape index (κ1) is 19.4. The molecule has 0 radical (unpaired) electrons. The molecule has 2 amide bonds. The van der Waals surface area contributed by atoms with Crippen molar-refractivity contribution in [3.8, 4) is 10.4 Å². The molecule has 3 heterocycles. The van der Waals surface area contributed by atoms with Gasteiger partial charge in [-0.25, -0.2) is 9.59 Å². The molecule has 8 nitrogen and oxygen atoms in total. The lowest BCUT2D eigenvalue weighted by molar-refractivity contribution is 0.0145. The smallest absolute Gasteiger partial charge is 0.415 e. The lowest BCUT2D eigenvalue weighted by Crippen LogP contribution is -2.42. The van der Waals surface area contributed by atoms with E-state index >= 15 is 0 Å². The molecule has 29 heavy (non-hydrogen) atoms. The van der Waals surface area contributed by atoms with E-state index in [1.165, 1.54) is 11.3 Å². The molecule has 0 saturated carbocycles. The summed E-state index contributed by atoms with van der Waals surface area (Å²) in [7, 11) is 0. The Kier molecular flexibility index (Phi) is 5.77. The van der Waals surface area contributed by atoms with Gasteiger partial charge in [0.25, 0.3) is 0 Å². The van der Waals surface area contributed by atoms with Gasteiger partial charge in [-0.05, 0) is 17.7 Å². The summed E-state index contributed by atoms with van der Waals surface area (Å²) in [4.78, 5) is 39.2. The second-order valence-corrected chi connectivity index (χ2v) is 7.73. The fraction of sp³-hybridized carbons (Fsp3) is 0.350. The van der Waals surface area contributed by atoms with E-state index in [4.69, 9.17) is 14.2 Å². The normalized spacial score (nSPS) is 19.2. The van der Waals surface area contributed by atoms with Crippen molar-refractivity contribution < 1.29 is 28.6 Å². The number of ether oxygens (including phenoxy) is 3. The van der Waals surface area contributed by atoms with Crippen LogP contribution in [0.25, 0.3) is 10.4 Å². The summed E-state index contributed by atoms with van der Waals surface area (Å²) in [6, 6.07) is 11.0. The number of cyclic esters (lactones) is 1. The van der Waals surface area contributed by atoms with Crippen LogP contribution < -0.4 is 4.90 Å². The van der Waals surface area contributed by atoms with Gasteiger partial charge in [-0.2, -0.15) is 0 Å². The zero-order valence-corrected chi connectivity index (χ0v) is 16.4. The highest BCUT2D eigenvalue weighted by Crippen LogP contribution is 2.35. The molecule has 152 valence electrons. The summed E-state index contributed by atoms with van der Waals surface area (Å²) in [6.45, 7) is 2.34.